The monoisotopic (exact) mass is 397 g/mol. The zero-order valence-electron chi connectivity index (χ0n) is 16.3. The molecule has 148 valence electrons. The molecule has 0 amide bonds. The fourth-order valence-corrected chi connectivity index (χ4v) is 3.72. The highest BCUT2D eigenvalue weighted by Gasteiger charge is 2.13. The zero-order chi connectivity index (χ0) is 20.5. The molecule has 0 unspecified atom stereocenters. The van der Waals surface area contributed by atoms with Crippen molar-refractivity contribution in [3.05, 3.63) is 89.0 Å². The van der Waals surface area contributed by atoms with E-state index in [2.05, 4.69) is 39.6 Å². The quantitative estimate of drug-likeness (QED) is 0.438. The molecule has 0 bridgehead atoms. The summed E-state index contributed by atoms with van der Waals surface area (Å²) in [6, 6.07) is 19.6. The standard InChI is InChI=1S/C24H19N3O3/c1-29-22-10-20-18(9-19(22)23-13-25-14-30-23)21(28)11-24(27-20)26-12-16-7-4-6-15-5-2-3-8-17(15)16/h2-11,13-14H,12H2,1H3,(H2,26,27,28). The molecule has 5 aromatic rings. The number of rotatable bonds is 5. The first-order chi connectivity index (χ1) is 14.7. The van der Waals surface area contributed by atoms with E-state index in [1.165, 1.54) is 17.2 Å². The lowest BCUT2D eigenvalue weighted by Crippen LogP contribution is -2.08. The molecule has 0 spiro atoms. The number of nitrogens with zero attached hydrogens (tertiary/aromatic N) is 1. The number of H-pyrrole nitrogens is 1. The minimum absolute atomic E-state index is 0.0902. The van der Waals surface area contributed by atoms with E-state index in [4.69, 9.17) is 9.15 Å². The van der Waals surface area contributed by atoms with Crippen LogP contribution in [0.15, 0.2) is 82.5 Å². The van der Waals surface area contributed by atoms with Crippen LogP contribution in [0.25, 0.3) is 33.0 Å². The van der Waals surface area contributed by atoms with Crippen molar-refractivity contribution in [2.24, 2.45) is 0 Å². The lowest BCUT2D eigenvalue weighted by atomic mass is 10.0. The maximum atomic E-state index is 12.8. The van der Waals surface area contributed by atoms with E-state index in [1.807, 2.05) is 18.2 Å². The second kappa shape index (κ2) is 7.40. The van der Waals surface area contributed by atoms with Gasteiger partial charge in [-0.15, -0.1) is 0 Å². The van der Waals surface area contributed by atoms with Gasteiger partial charge < -0.3 is 19.5 Å². The van der Waals surface area contributed by atoms with Crippen LogP contribution in [0.3, 0.4) is 0 Å². The number of anilines is 1. The maximum absolute atomic E-state index is 12.8. The van der Waals surface area contributed by atoms with Crippen LogP contribution in [0.1, 0.15) is 5.56 Å². The average molecular weight is 397 g/mol. The van der Waals surface area contributed by atoms with Gasteiger partial charge in [-0.2, -0.15) is 0 Å². The summed E-state index contributed by atoms with van der Waals surface area (Å²) >= 11 is 0. The number of nitrogens with one attached hydrogen (secondary N) is 2. The van der Waals surface area contributed by atoms with E-state index in [0.29, 0.717) is 40.3 Å². The molecular weight excluding hydrogens is 378 g/mol. The number of fused-ring (bicyclic) bond motifs is 2. The van der Waals surface area contributed by atoms with Crippen LogP contribution < -0.4 is 15.5 Å². The topological polar surface area (TPSA) is 80.1 Å². The highest BCUT2D eigenvalue weighted by atomic mass is 16.5. The summed E-state index contributed by atoms with van der Waals surface area (Å²) < 4.78 is 10.9. The van der Waals surface area contributed by atoms with Crippen molar-refractivity contribution in [2.75, 3.05) is 12.4 Å². The molecule has 0 aliphatic heterocycles. The Kier molecular flexibility index (Phi) is 4.44. The summed E-state index contributed by atoms with van der Waals surface area (Å²) in [5.74, 6) is 1.79. The first-order valence-electron chi connectivity index (χ1n) is 9.57. The van der Waals surface area contributed by atoms with E-state index in [1.54, 1.807) is 31.5 Å². The summed E-state index contributed by atoms with van der Waals surface area (Å²) in [5.41, 5.74) is 2.44. The van der Waals surface area contributed by atoms with Crippen LogP contribution in [0.2, 0.25) is 0 Å². The molecule has 5 rings (SSSR count). The molecule has 0 radical (unpaired) electrons. The predicted octanol–water partition coefficient (Wildman–Crippen LogP) is 4.96. The maximum Gasteiger partial charge on any atom is 0.191 e. The Hall–Kier alpha value is -4.06. The van der Waals surface area contributed by atoms with Gasteiger partial charge in [-0.25, -0.2) is 4.98 Å². The SMILES string of the molecule is COc1cc2[nH]c(NCc3cccc4ccccc34)cc(=O)c2cc1-c1cnco1. The van der Waals surface area contributed by atoms with Gasteiger partial charge in [0.2, 0.25) is 0 Å². The first-order valence-corrected chi connectivity index (χ1v) is 9.57. The minimum Gasteiger partial charge on any atom is -0.496 e. The third kappa shape index (κ3) is 3.18. The molecule has 0 saturated carbocycles. The number of hydrogen-bond acceptors (Lipinski definition) is 5. The Balaban J connectivity index is 1.51. The molecule has 3 aromatic carbocycles. The number of pyridine rings is 1. The minimum atomic E-state index is -0.0902. The van der Waals surface area contributed by atoms with Gasteiger partial charge in [-0.3, -0.25) is 4.79 Å². The first kappa shape index (κ1) is 18.0. The molecular formula is C24H19N3O3. The van der Waals surface area contributed by atoms with E-state index < -0.39 is 0 Å². The van der Waals surface area contributed by atoms with Crippen molar-refractivity contribution in [2.45, 2.75) is 6.54 Å². The Labute approximate surface area is 172 Å². The summed E-state index contributed by atoms with van der Waals surface area (Å²) in [6.07, 6.45) is 2.95. The van der Waals surface area contributed by atoms with Crippen LogP contribution in [0.4, 0.5) is 5.82 Å². The molecule has 2 aromatic heterocycles. The predicted molar refractivity (Wildman–Crippen MR) is 118 cm³/mol. The number of benzene rings is 3. The highest BCUT2D eigenvalue weighted by molar-refractivity contribution is 5.88. The molecule has 0 fully saturated rings. The third-order valence-electron chi connectivity index (χ3n) is 5.20. The van der Waals surface area contributed by atoms with Gasteiger partial charge in [0.15, 0.2) is 17.6 Å². The Morgan fingerprint density at radius 3 is 2.77 bits per heavy atom. The van der Waals surface area contributed by atoms with E-state index >= 15 is 0 Å². The number of aromatic nitrogens is 2. The molecule has 0 aliphatic rings. The summed E-state index contributed by atoms with van der Waals surface area (Å²) in [6.45, 7) is 0.593. The van der Waals surface area contributed by atoms with Crippen molar-refractivity contribution >= 4 is 27.5 Å². The van der Waals surface area contributed by atoms with Crippen molar-refractivity contribution < 1.29 is 9.15 Å². The van der Waals surface area contributed by atoms with Crippen molar-refractivity contribution in [3.8, 4) is 17.1 Å². The second-order valence-corrected chi connectivity index (χ2v) is 7.00. The lowest BCUT2D eigenvalue weighted by Gasteiger charge is -2.12. The normalized spacial score (nSPS) is 11.1. The highest BCUT2D eigenvalue weighted by Crippen LogP contribution is 2.33. The molecule has 30 heavy (non-hydrogen) atoms. The van der Waals surface area contributed by atoms with Gasteiger partial charge >= 0.3 is 0 Å². The smallest absolute Gasteiger partial charge is 0.191 e. The Morgan fingerprint density at radius 2 is 1.93 bits per heavy atom. The van der Waals surface area contributed by atoms with Gasteiger partial charge in [0.25, 0.3) is 0 Å². The number of methoxy groups -OCH3 is 1. The van der Waals surface area contributed by atoms with E-state index in [-0.39, 0.29) is 5.43 Å². The van der Waals surface area contributed by atoms with Gasteiger partial charge in [-0.1, -0.05) is 42.5 Å². The second-order valence-electron chi connectivity index (χ2n) is 7.00. The number of ether oxygens (including phenoxy) is 1. The van der Waals surface area contributed by atoms with Crippen molar-refractivity contribution in [3.63, 3.8) is 0 Å². The fraction of sp³-hybridized carbons (Fsp3) is 0.0833. The zero-order valence-corrected chi connectivity index (χ0v) is 16.3. The summed E-state index contributed by atoms with van der Waals surface area (Å²) in [7, 11) is 1.59. The van der Waals surface area contributed by atoms with E-state index in [0.717, 1.165) is 5.56 Å². The van der Waals surface area contributed by atoms with Crippen LogP contribution in [0.5, 0.6) is 5.75 Å². The largest absolute Gasteiger partial charge is 0.496 e. The van der Waals surface area contributed by atoms with Gasteiger partial charge in [0.05, 0.1) is 24.4 Å². The van der Waals surface area contributed by atoms with E-state index in [9.17, 15) is 4.79 Å². The number of hydrogen-bond donors (Lipinski definition) is 2. The van der Waals surface area contributed by atoms with Crippen molar-refractivity contribution in [1.29, 1.82) is 0 Å². The Morgan fingerprint density at radius 1 is 1.07 bits per heavy atom. The van der Waals surface area contributed by atoms with Gasteiger partial charge in [-0.05, 0) is 22.4 Å². The summed E-state index contributed by atoms with van der Waals surface area (Å²) in [4.78, 5) is 20.0. The van der Waals surface area contributed by atoms with Gasteiger partial charge in [0.1, 0.15) is 11.6 Å². The average Bonchev–Trinajstić information content (AvgIpc) is 3.31. The number of aromatic amines is 1. The van der Waals surface area contributed by atoms with Crippen molar-refractivity contribution in [1.82, 2.24) is 9.97 Å². The molecule has 6 heteroatoms. The fourth-order valence-electron chi connectivity index (χ4n) is 3.72. The molecule has 0 saturated heterocycles. The van der Waals surface area contributed by atoms with Crippen LogP contribution in [-0.4, -0.2) is 17.1 Å². The molecule has 2 heterocycles. The van der Waals surface area contributed by atoms with Crippen LogP contribution in [0, 0.1) is 0 Å². The lowest BCUT2D eigenvalue weighted by molar-refractivity contribution is 0.415. The van der Waals surface area contributed by atoms with Gasteiger partial charge in [0, 0.05) is 24.1 Å². The summed E-state index contributed by atoms with van der Waals surface area (Å²) in [5, 5.41) is 6.27. The third-order valence-corrected chi connectivity index (χ3v) is 5.20. The van der Waals surface area contributed by atoms with Crippen LogP contribution in [-0.2, 0) is 6.54 Å². The van der Waals surface area contributed by atoms with Crippen LogP contribution >= 0.6 is 0 Å². The number of oxazole rings is 1. The molecule has 0 aliphatic carbocycles. The molecule has 2 N–H and O–H groups in total. The molecule has 6 nitrogen and oxygen atoms in total. The molecule has 0 atom stereocenters. The Bertz CT molecular complexity index is 1400.